The lowest BCUT2D eigenvalue weighted by Crippen LogP contribution is -2.34. The van der Waals surface area contributed by atoms with Crippen molar-refractivity contribution in [2.75, 3.05) is 13.2 Å². The number of halogens is 1. The molecule has 4 heteroatoms. The summed E-state index contributed by atoms with van der Waals surface area (Å²) in [5.41, 5.74) is 10.0. The van der Waals surface area contributed by atoms with E-state index in [0.717, 1.165) is 22.6 Å². The summed E-state index contributed by atoms with van der Waals surface area (Å²) in [4.78, 5) is 0. The fourth-order valence-corrected chi connectivity index (χ4v) is 3.56. The molecular weight excluding hydrogens is 310 g/mol. The highest BCUT2D eigenvalue weighted by Gasteiger charge is 2.39. The minimum absolute atomic E-state index is 0.432. The average Bonchev–Trinajstić information content (AvgIpc) is 2.86. The van der Waals surface area contributed by atoms with Crippen molar-refractivity contribution in [3.8, 4) is 0 Å². The van der Waals surface area contributed by atoms with E-state index in [1.807, 2.05) is 31.2 Å². The predicted octanol–water partition coefficient (Wildman–Crippen LogP) is 3.94. The van der Waals surface area contributed by atoms with Gasteiger partial charge in [0.25, 0.3) is 0 Å². The Morgan fingerprint density at radius 2 is 2.09 bits per heavy atom. The summed E-state index contributed by atoms with van der Waals surface area (Å²) in [5.74, 6) is 0. The molecule has 1 aliphatic heterocycles. The predicted molar refractivity (Wildman–Crippen MR) is 92.4 cm³/mol. The van der Waals surface area contributed by atoms with Crippen LogP contribution in [0.2, 0.25) is 5.02 Å². The Bertz CT molecular complexity index is 665. The molecule has 1 heterocycles. The molecule has 3 nitrogen and oxygen atoms in total. The molecule has 1 atom stereocenters. The molecule has 122 valence electrons. The van der Waals surface area contributed by atoms with Gasteiger partial charge < -0.3 is 15.2 Å². The molecule has 0 aromatic heterocycles. The van der Waals surface area contributed by atoms with E-state index in [1.54, 1.807) is 0 Å². The van der Waals surface area contributed by atoms with Crippen LogP contribution in [0.25, 0.3) is 0 Å². The number of nitrogens with two attached hydrogens (primary N) is 1. The minimum atomic E-state index is -0.432. The Balaban J connectivity index is 1.72. The van der Waals surface area contributed by atoms with Crippen LogP contribution in [-0.4, -0.2) is 13.2 Å². The lowest BCUT2D eigenvalue weighted by atomic mass is 9.90. The summed E-state index contributed by atoms with van der Waals surface area (Å²) in [6, 6.07) is 14.3. The Kier molecular flexibility index (Phi) is 5.02. The van der Waals surface area contributed by atoms with Crippen molar-refractivity contribution in [1.29, 1.82) is 0 Å². The van der Waals surface area contributed by atoms with Gasteiger partial charge in [-0.15, -0.1) is 0 Å². The number of ether oxygens (including phenoxy) is 2. The molecule has 0 saturated carbocycles. The number of hydrogen-bond donors (Lipinski definition) is 1. The van der Waals surface area contributed by atoms with Gasteiger partial charge in [0.15, 0.2) is 0 Å². The van der Waals surface area contributed by atoms with Crippen LogP contribution in [0.3, 0.4) is 0 Å². The second-order valence-electron chi connectivity index (χ2n) is 6.11. The van der Waals surface area contributed by atoms with E-state index in [1.165, 1.54) is 11.1 Å². The summed E-state index contributed by atoms with van der Waals surface area (Å²) in [6.45, 7) is 4.22. The molecule has 3 rings (SSSR count). The fraction of sp³-hybridized carbons (Fsp3) is 0.368. The van der Waals surface area contributed by atoms with Crippen LogP contribution in [-0.2, 0) is 28.3 Å². The van der Waals surface area contributed by atoms with E-state index in [9.17, 15) is 0 Å². The summed E-state index contributed by atoms with van der Waals surface area (Å²) in [5, 5.41) is 0.739. The van der Waals surface area contributed by atoms with Crippen molar-refractivity contribution < 1.29 is 9.47 Å². The molecule has 0 spiro atoms. The van der Waals surface area contributed by atoms with E-state index in [-0.39, 0.29) is 0 Å². The molecule has 1 aliphatic rings. The zero-order chi connectivity index (χ0) is 16.3. The molecule has 1 unspecified atom stereocenters. The van der Waals surface area contributed by atoms with Gasteiger partial charge in [0, 0.05) is 5.02 Å². The third-order valence-corrected chi connectivity index (χ3v) is 4.48. The molecular formula is C19H22ClNO2. The Labute approximate surface area is 142 Å². The first-order valence-electron chi connectivity index (χ1n) is 7.89. The fourth-order valence-electron chi connectivity index (χ4n) is 3.25. The first-order chi connectivity index (χ1) is 11.1. The number of benzene rings is 2. The van der Waals surface area contributed by atoms with Gasteiger partial charge in [0.1, 0.15) is 5.60 Å². The van der Waals surface area contributed by atoms with Gasteiger partial charge in [-0.05, 0) is 54.3 Å². The Morgan fingerprint density at radius 1 is 1.26 bits per heavy atom. The van der Waals surface area contributed by atoms with E-state index in [2.05, 4.69) is 18.2 Å². The average molecular weight is 332 g/mol. The van der Waals surface area contributed by atoms with Crippen LogP contribution in [0, 0.1) is 6.92 Å². The first-order valence-corrected chi connectivity index (χ1v) is 8.27. The van der Waals surface area contributed by atoms with Crippen molar-refractivity contribution in [1.82, 2.24) is 0 Å². The first kappa shape index (κ1) is 16.5. The highest BCUT2D eigenvalue weighted by molar-refractivity contribution is 6.30. The zero-order valence-electron chi connectivity index (χ0n) is 13.3. The summed E-state index contributed by atoms with van der Waals surface area (Å²) in [6.07, 6.45) is 0.749. The lowest BCUT2D eigenvalue weighted by molar-refractivity contribution is -0.101. The Morgan fingerprint density at radius 3 is 2.87 bits per heavy atom. The second-order valence-corrected chi connectivity index (χ2v) is 6.54. The van der Waals surface area contributed by atoms with Crippen molar-refractivity contribution >= 4 is 11.6 Å². The number of hydrogen-bond acceptors (Lipinski definition) is 3. The third kappa shape index (κ3) is 3.59. The monoisotopic (exact) mass is 331 g/mol. The summed E-state index contributed by atoms with van der Waals surface area (Å²) >= 11 is 6.10. The van der Waals surface area contributed by atoms with Crippen molar-refractivity contribution in [3.05, 3.63) is 69.7 Å². The molecule has 0 amide bonds. The standard InChI is InChI=1S/C19H22ClNO2/c1-14-8-15(10-17(20)9-14)11-22-13-19(6-7-21)18-5-3-2-4-16(18)12-23-19/h2-5,8-10H,6-7,11-13,21H2,1H3. The molecule has 0 radical (unpaired) electrons. The summed E-state index contributed by atoms with van der Waals surface area (Å²) in [7, 11) is 0. The number of rotatable bonds is 6. The van der Waals surface area contributed by atoms with E-state index < -0.39 is 5.60 Å². The number of aryl methyl sites for hydroxylation is 1. The maximum atomic E-state index is 6.11. The molecule has 0 saturated heterocycles. The molecule has 2 aromatic carbocycles. The van der Waals surface area contributed by atoms with Gasteiger partial charge in [-0.1, -0.05) is 41.9 Å². The third-order valence-electron chi connectivity index (χ3n) is 4.27. The number of fused-ring (bicyclic) bond motifs is 1. The highest BCUT2D eigenvalue weighted by Crippen LogP contribution is 2.39. The van der Waals surface area contributed by atoms with Crippen LogP contribution in [0.4, 0.5) is 0 Å². The molecule has 23 heavy (non-hydrogen) atoms. The van der Waals surface area contributed by atoms with Crippen LogP contribution < -0.4 is 5.73 Å². The molecule has 2 aromatic rings. The zero-order valence-corrected chi connectivity index (χ0v) is 14.1. The van der Waals surface area contributed by atoms with Crippen LogP contribution >= 0.6 is 11.6 Å². The molecule has 2 N–H and O–H groups in total. The normalized spacial score (nSPS) is 19.8. The minimum Gasteiger partial charge on any atom is -0.373 e. The van der Waals surface area contributed by atoms with Crippen molar-refractivity contribution in [2.45, 2.75) is 32.2 Å². The van der Waals surface area contributed by atoms with E-state index >= 15 is 0 Å². The van der Waals surface area contributed by atoms with Gasteiger partial charge in [-0.25, -0.2) is 0 Å². The van der Waals surface area contributed by atoms with Crippen LogP contribution in [0.5, 0.6) is 0 Å². The second kappa shape index (κ2) is 7.02. The van der Waals surface area contributed by atoms with Gasteiger partial charge in [-0.2, -0.15) is 0 Å². The molecule has 0 fully saturated rings. The smallest absolute Gasteiger partial charge is 0.118 e. The van der Waals surface area contributed by atoms with Gasteiger partial charge in [-0.3, -0.25) is 0 Å². The largest absolute Gasteiger partial charge is 0.373 e. The van der Waals surface area contributed by atoms with Crippen LogP contribution in [0.1, 0.15) is 28.7 Å². The van der Waals surface area contributed by atoms with Gasteiger partial charge in [0.2, 0.25) is 0 Å². The van der Waals surface area contributed by atoms with Gasteiger partial charge in [0.05, 0.1) is 19.8 Å². The van der Waals surface area contributed by atoms with E-state index in [4.69, 9.17) is 26.8 Å². The van der Waals surface area contributed by atoms with Crippen molar-refractivity contribution in [3.63, 3.8) is 0 Å². The maximum Gasteiger partial charge on any atom is 0.118 e. The van der Waals surface area contributed by atoms with Crippen molar-refractivity contribution in [2.24, 2.45) is 5.73 Å². The Hall–Kier alpha value is -1.39. The van der Waals surface area contributed by atoms with Crippen LogP contribution in [0.15, 0.2) is 42.5 Å². The SMILES string of the molecule is Cc1cc(Cl)cc(COCC2(CCN)OCc3ccccc32)c1. The maximum absolute atomic E-state index is 6.11. The highest BCUT2D eigenvalue weighted by atomic mass is 35.5. The topological polar surface area (TPSA) is 44.5 Å². The summed E-state index contributed by atoms with van der Waals surface area (Å²) < 4.78 is 12.1. The van der Waals surface area contributed by atoms with Gasteiger partial charge >= 0.3 is 0 Å². The van der Waals surface area contributed by atoms with E-state index in [0.29, 0.717) is 26.4 Å². The molecule has 0 aliphatic carbocycles. The lowest BCUT2D eigenvalue weighted by Gasteiger charge is -2.29. The molecule has 0 bridgehead atoms. The quantitative estimate of drug-likeness (QED) is 0.872.